The Hall–Kier alpha value is -0.890. The fraction of sp³-hybridized carbons (Fsp3) is 0.647. The normalized spacial score (nSPS) is 27.7. The van der Waals surface area contributed by atoms with Crippen molar-refractivity contribution >= 4 is 0 Å². The van der Waals surface area contributed by atoms with Crippen molar-refractivity contribution in [1.29, 1.82) is 0 Å². The molecule has 0 spiro atoms. The van der Waals surface area contributed by atoms with E-state index < -0.39 is 0 Å². The summed E-state index contributed by atoms with van der Waals surface area (Å²) >= 11 is 0. The molecule has 19 heavy (non-hydrogen) atoms. The summed E-state index contributed by atoms with van der Waals surface area (Å²) in [5.41, 5.74) is 1.35. The average molecular weight is 263 g/mol. The first kappa shape index (κ1) is 14.5. The number of rotatable bonds is 3. The number of benzene rings is 1. The Labute approximate surface area is 116 Å². The van der Waals surface area contributed by atoms with E-state index in [-0.39, 0.29) is 16.8 Å². The molecule has 1 saturated carbocycles. The van der Waals surface area contributed by atoms with Crippen LogP contribution >= 0.6 is 0 Å². The van der Waals surface area contributed by atoms with Crippen molar-refractivity contribution in [1.82, 2.24) is 5.32 Å². The van der Waals surface area contributed by atoms with Gasteiger partial charge in [-0.15, -0.1) is 0 Å². The first-order chi connectivity index (χ1) is 8.83. The summed E-state index contributed by atoms with van der Waals surface area (Å²) in [5, 5.41) is 3.63. The fourth-order valence-corrected chi connectivity index (χ4v) is 3.26. The highest BCUT2D eigenvalue weighted by molar-refractivity contribution is 5.29. The minimum absolute atomic E-state index is 0.0926. The molecule has 106 valence electrons. The Balaban J connectivity index is 2.30. The second kappa shape index (κ2) is 5.24. The van der Waals surface area contributed by atoms with Gasteiger partial charge in [0.25, 0.3) is 0 Å². The Kier molecular flexibility index (Phi) is 4.00. The molecule has 0 radical (unpaired) electrons. The Morgan fingerprint density at radius 1 is 1.37 bits per heavy atom. The second-order valence-electron chi connectivity index (χ2n) is 7.06. The lowest BCUT2D eigenvalue weighted by Gasteiger charge is -2.37. The van der Waals surface area contributed by atoms with Crippen LogP contribution in [0, 0.1) is 11.7 Å². The molecule has 2 heteroatoms. The fourth-order valence-electron chi connectivity index (χ4n) is 3.26. The molecule has 1 aromatic carbocycles. The standard InChI is InChI=1S/C17H26FN/c1-13-7-6-10-17(13,12-19-16(2,3)4)14-8-5-9-15(18)11-14/h5,8-9,11,13,19H,6-7,10,12H2,1-4H3. The summed E-state index contributed by atoms with van der Waals surface area (Å²) < 4.78 is 13.6. The minimum Gasteiger partial charge on any atom is -0.311 e. The van der Waals surface area contributed by atoms with Gasteiger partial charge in [0.2, 0.25) is 0 Å². The van der Waals surface area contributed by atoms with Crippen LogP contribution in [0.3, 0.4) is 0 Å². The summed E-state index contributed by atoms with van der Waals surface area (Å²) in [5.74, 6) is 0.482. The van der Waals surface area contributed by atoms with Crippen LogP contribution in [0.5, 0.6) is 0 Å². The summed E-state index contributed by atoms with van der Waals surface area (Å²) in [7, 11) is 0. The van der Waals surface area contributed by atoms with Crippen molar-refractivity contribution in [3.05, 3.63) is 35.6 Å². The molecule has 0 aromatic heterocycles. The topological polar surface area (TPSA) is 12.0 Å². The third-order valence-corrected chi connectivity index (χ3v) is 4.54. The summed E-state index contributed by atoms with van der Waals surface area (Å²) in [6.07, 6.45) is 3.63. The third kappa shape index (κ3) is 3.17. The summed E-state index contributed by atoms with van der Waals surface area (Å²) in [6.45, 7) is 9.80. The molecule has 0 heterocycles. The Bertz CT molecular complexity index is 435. The van der Waals surface area contributed by atoms with Crippen LogP contribution in [0.1, 0.15) is 52.5 Å². The van der Waals surface area contributed by atoms with Gasteiger partial charge in [-0.05, 0) is 57.2 Å². The highest BCUT2D eigenvalue weighted by atomic mass is 19.1. The van der Waals surface area contributed by atoms with Crippen molar-refractivity contribution in [3.8, 4) is 0 Å². The van der Waals surface area contributed by atoms with Gasteiger partial charge in [-0.3, -0.25) is 0 Å². The van der Waals surface area contributed by atoms with Gasteiger partial charge in [-0.25, -0.2) is 4.39 Å². The maximum atomic E-state index is 13.6. The van der Waals surface area contributed by atoms with Crippen molar-refractivity contribution < 1.29 is 4.39 Å². The lowest BCUT2D eigenvalue weighted by Crippen LogP contribution is -2.47. The molecule has 2 unspecified atom stereocenters. The first-order valence-corrected chi connectivity index (χ1v) is 7.35. The van der Waals surface area contributed by atoms with Gasteiger partial charge in [0, 0.05) is 17.5 Å². The van der Waals surface area contributed by atoms with Crippen LogP contribution in [0.4, 0.5) is 4.39 Å². The average Bonchev–Trinajstić information content (AvgIpc) is 2.68. The maximum absolute atomic E-state index is 13.6. The molecule has 2 rings (SSSR count). The van der Waals surface area contributed by atoms with E-state index in [1.807, 2.05) is 6.07 Å². The summed E-state index contributed by atoms with van der Waals surface area (Å²) in [4.78, 5) is 0. The predicted molar refractivity (Wildman–Crippen MR) is 78.8 cm³/mol. The quantitative estimate of drug-likeness (QED) is 0.858. The Morgan fingerprint density at radius 2 is 2.11 bits per heavy atom. The van der Waals surface area contributed by atoms with Gasteiger partial charge in [0.05, 0.1) is 0 Å². The predicted octanol–water partition coefficient (Wildman–Crippen LogP) is 4.27. The zero-order valence-corrected chi connectivity index (χ0v) is 12.6. The maximum Gasteiger partial charge on any atom is 0.123 e. The highest BCUT2D eigenvalue weighted by Crippen LogP contribution is 2.45. The molecular weight excluding hydrogens is 237 g/mol. The van der Waals surface area contributed by atoms with Crippen LogP contribution in [0.2, 0.25) is 0 Å². The first-order valence-electron chi connectivity index (χ1n) is 7.35. The van der Waals surface area contributed by atoms with Crippen molar-refractivity contribution in [2.75, 3.05) is 6.54 Å². The number of halogens is 1. The van der Waals surface area contributed by atoms with Crippen LogP contribution in [0.15, 0.2) is 24.3 Å². The molecule has 1 N–H and O–H groups in total. The van der Waals surface area contributed by atoms with E-state index in [0.717, 1.165) is 18.5 Å². The molecule has 2 atom stereocenters. The van der Waals surface area contributed by atoms with E-state index in [1.165, 1.54) is 18.9 Å². The lowest BCUT2D eigenvalue weighted by atomic mass is 9.72. The number of nitrogens with one attached hydrogen (secondary N) is 1. The van der Waals surface area contributed by atoms with Crippen molar-refractivity contribution in [2.24, 2.45) is 5.92 Å². The molecule has 1 aliphatic rings. The smallest absolute Gasteiger partial charge is 0.123 e. The van der Waals surface area contributed by atoms with E-state index in [0.29, 0.717) is 5.92 Å². The van der Waals surface area contributed by atoms with Crippen LogP contribution < -0.4 is 5.32 Å². The molecule has 1 aromatic rings. The van der Waals surface area contributed by atoms with Crippen molar-refractivity contribution in [2.45, 2.75) is 57.9 Å². The monoisotopic (exact) mass is 263 g/mol. The highest BCUT2D eigenvalue weighted by Gasteiger charge is 2.42. The molecule has 1 nitrogen and oxygen atoms in total. The van der Waals surface area contributed by atoms with Gasteiger partial charge in [0.1, 0.15) is 5.82 Å². The molecular formula is C17H26FN. The molecule has 0 amide bonds. The van der Waals surface area contributed by atoms with Crippen LogP contribution in [-0.2, 0) is 5.41 Å². The lowest BCUT2D eigenvalue weighted by molar-refractivity contribution is 0.279. The van der Waals surface area contributed by atoms with E-state index >= 15 is 0 Å². The molecule has 0 saturated heterocycles. The zero-order valence-electron chi connectivity index (χ0n) is 12.6. The second-order valence-corrected chi connectivity index (χ2v) is 7.06. The number of hydrogen-bond donors (Lipinski definition) is 1. The van der Waals surface area contributed by atoms with Gasteiger partial charge in [-0.1, -0.05) is 25.5 Å². The van der Waals surface area contributed by atoms with E-state index in [9.17, 15) is 4.39 Å². The molecule has 0 bridgehead atoms. The van der Waals surface area contributed by atoms with Gasteiger partial charge in [0.15, 0.2) is 0 Å². The van der Waals surface area contributed by atoms with Crippen LogP contribution in [-0.4, -0.2) is 12.1 Å². The van der Waals surface area contributed by atoms with Crippen LogP contribution in [0.25, 0.3) is 0 Å². The van der Waals surface area contributed by atoms with Crippen molar-refractivity contribution in [3.63, 3.8) is 0 Å². The van der Waals surface area contributed by atoms with E-state index in [2.05, 4.69) is 39.1 Å². The van der Waals surface area contributed by atoms with Gasteiger partial charge < -0.3 is 5.32 Å². The molecule has 1 aliphatic carbocycles. The largest absolute Gasteiger partial charge is 0.311 e. The minimum atomic E-state index is -0.119. The Morgan fingerprint density at radius 3 is 2.63 bits per heavy atom. The van der Waals surface area contributed by atoms with Gasteiger partial charge in [-0.2, -0.15) is 0 Å². The summed E-state index contributed by atoms with van der Waals surface area (Å²) in [6, 6.07) is 7.20. The van der Waals surface area contributed by atoms with E-state index in [4.69, 9.17) is 0 Å². The zero-order chi connectivity index (χ0) is 14.1. The van der Waals surface area contributed by atoms with Gasteiger partial charge >= 0.3 is 0 Å². The molecule has 0 aliphatic heterocycles. The van der Waals surface area contributed by atoms with E-state index in [1.54, 1.807) is 6.07 Å². The SMILES string of the molecule is CC1CCCC1(CNC(C)(C)C)c1cccc(F)c1. The molecule has 1 fully saturated rings. The third-order valence-electron chi connectivity index (χ3n) is 4.54. The number of hydrogen-bond acceptors (Lipinski definition) is 1.